The van der Waals surface area contributed by atoms with Gasteiger partial charge in [-0.15, -0.1) is 0 Å². The van der Waals surface area contributed by atoms with Crippen molar-refractivity contribution in [3.05, 3.63) is 35.8 Å². The Balaban J connectivity index is 1.87. The van der Waals surface area contributed by atoms with Gasteiger partial charge in [0.25, 0.3) is 0 Å². The smallest absolute Gasteiger partial charge is 0.307 e. The number of nitrogens with zero attached hydrogens (tertiary/aromatic N) is 3. The van der Waals surface area contributed by atoms with Crippen LogP contribution in [-0.2, 0) is 9.53 Å². The van der Waals surface area contributed by atoms with E-state index < -0.39 is 5.82 Å². The standard InChI is InChI=1S/C18H23FN6O2/c1-18(2,3)13(5-14(26)27-4)24-17-12(19)8-22-16(25-17)11-7-21-15-10(11)6-20-9-23-15/h6-9,13,15,21H,5H2,1-4H3,(H,20,23)(H,22,24,25). The fourth-order valence-corrected chi connectivity index (χ4v) is 2.79. The number of nitrogens with one attached hydrogen (secondary N) is 3. The Morgan fingerprint density at radius 1 is 1.41 bits per heavy atom. The van der Waals surface area contributed by atoms with Gasteiger partial charge >= 0.3 is 5.97 Å². The number of anilines is 1. The van der Waals surface area contributed by atoms with Gasteiger partial charge in [0.1, 0.15) is 6.17 Å². The van der Waals surface area contributed by atoms with E-state index in [2.05, 4.69) is 30.9 Å². The van der Waals surface area contributed by atoms with Crippen LogP contribution < -0.4 is 16.0 Å². The van der Waals surface area contributed by atoms with Crippen LogP contribution in [0, 0.1) is 11.2 Å². The Labute approximate surface area is 157 Å². The molecule has 0 aliphatic carbocycles. The summed E-state index contributed by atoms with van der Waals surface area (Å²) in [4.78, 5) is 24.5. The third-order valence-electron chi connectivity index (χ3n) is 4.47. The number of rotatable bonds is 5. The number of halogens is 1. The molecule has 3 heterocycles. The lowest BCUT2D eigenvalue weighted by atomic mass is 9.84. The lowest BCUT2D eigenvalue weighted by Gasteiger charge is -2.31. The minimum Gasteiger partial charge on any atom is -0.469 e. The second-order valence-corrected chi connectivity index (χ2v) is 7.41. The molecule has 9 heteroatoms. The number of fused-ring (bicyclic) bond motifs is 1. The molecular weight excluding hydrogens is 351 g/mol. The van der Waals surface area contributed by atoms with Gasteiger partial charge in [0, 0.05) is 29.6 Å². The second-order valence-electron chi connectivity index (χ2n) is 7.41. The van der Waals surface area contributed by atoms with Crippen LogP contribution in [0.1, 0.15) is 33.0 Å². The van der Waals surface area contributed by atoms with Crippen molar-refractivity contribution in [1.82, 2.24) is 20.6 Å². The van der Waals surface area contributed by atoms with Gasteiger partial charge in [0.15, 0.2) is 17.5 Å². The van der Waals surface area contributed by atoms with Crippen LogP contribution in [0.3, 0.4) is 0 Å². The SMILES string of the molecule is COC(=O)CC(Nc1nc(C2=CNC3N=CNC=C23)ncc1F)C(C)(C)C. The minimum atomic E-state index is -0.588. The molecule has 0 bridgehead atoms. The highest BCUT2D eigenvalue weighted by Crippen LogP contribution is 2.31. The molecule has 27 heavy (non-hydrogen) atoms. The van der Waals surface area contributed by atoms with Crippen molar-refractivity contribution in [3.8, 4) is 0 Å². The fourth-order valence-electron chi connectivity index (χ4n) is 2.79. The van der Waals surface area contributed by atoms with E-state index in [1.807, 2.05) is 20.8 Å². The zero-order valence-electron chi connectivity index (χ0n) is 15.7. The molecule has 8 nitrogen and oxygen atoms in total. The van der Waals surface area contributed by atoms with E-state index in [4.69, 9.17) is 4.74 Å². The summed E-state index contributed by atoms with van der Waals surface area (Å²) < 4.78 is 19.1. The zero-order chi connectivity index (χ0) is 19.6. The first-order valence-corrected chi connectivity index (χ1v) is 8.60. The van der Waals surface area contributed by atoms with Crippen LogP contribution in [-0.4, -0.2) is 41.6 Å². The van der Waals surface area contributed by atoms with Crippen molar-refractivity contribution in [1.29, 1.82) is 0 Å². The number of ether oxygens (including phenoxy) is 1. The Bertz CT molecular complexity index is 828. The first kappa shape index (κ1) is 18.8. The van der Waals surface area contributed by atoms with Crippen molar-refractivity contribution in [2.75, 3.05) is 12.4 Å². The molecule has 2 aliphatic rings. The monoisotopic (exact) mass is 374 g/mol. The average Bonchev–Trinajstić information content (AvgIpc) is 3.06. The summed E-state index contributed by atoms with van der Waals surface area (Å²) in [5.41, 5.74) is 1.28. The summed E-state index contributed by atoms with van der Waals surface area (Å²) in [6.45, 7) is 5.87. The number of aromatic nitrogens is 2. The molecule has 0 amide bonds. The van der Waals surface area contributed by atoms with E-state index in [9.17, 15) is 9.18 Å². The van der Waals surface area contributed by atoms with Gasteiger partial charge in [-0.25, -0.2) is 19.4 Å². The number of hydrogen-bond acceptors (Lipinski definition) is 8. The van der Waals surface area contributed by atoms with Gasteiger partial charge in [0.2, 0.25) is 0 Å². The third kappa shape index (κ3) is 4.07. The van der Waals surface area contributed by atoms with E-state index in [0.29, 0.717) is 5.82 Å². The van der Waals surface area contributed by atoms with E-state index >= 15 is 0 Å². The number of carbonyl (C=O) groups excluding carboxylic acids is 1. The molecule has 0 aromatic carbocycles. The first-order valence-electron chi connectivity index (χ1n) is 8.60. The quantitative estimate of drug-likeness (QED) is 0.676. The highest BCUT2D eigenvalue weighted by atomic mass is 19.1. The molecule has 2 aliphatic heterocycles. The molecule has 3 N–H and O–H groups in total. The molecule has 2 unspecified atom stereocenters. The lowest BCUT2D eigenvalue weighted by Crippen LogP contribution is -2.37. The van der Waals surface area contributed by atoms with E-state index in [1.54, 1.807) is 18.7 Å². The van der Waals surface area contributed by atoms with Gasteiger partial charge in [-0.3, -0.25) is 4.79 Å². The number of esters is 1. The van der Waals surface area contributed by atoms with Crippen molar-refractivity contribution < 1.29 is 13.9 Å². The Kier molecular flexibility index (Phi) is 5.11. The Morgan fingerprint density at radius 3 is 2.89 bits per heavy atom. The van der Waals surface area contributed by atoms with E-state index in [1.165, 1.54) is 7.11 Å². The predicted molar refractivity (Wildman–Crippen MR) is 100 cm³/mol. The van der Waals surface area contributed by atoms with Crippen molar-refractivity contribution in [2.45, 2.75) is 39.4 Å². The maximum Gasteiger partial charge on any atom is 0.307 e. The van der Waals surface area contributed by atoms with Crippen molar-refractivity contribution in [3.63, 3.8) is 0 Å². The zero-order valence-corrected chi connectivity index (χ0v) is 15.7. The molecule has 2 atom stereocenters. The highest BCUT2D eigenvalue weighted by molar-refractivity contribution is 5.81. The topological polar surface area (TPSA) is 101 Å². The summed E-state index contributed by atoms with van der Waals surface area (Å²) in [6.07, 6.45) is 6.17. The van der Waals surface area contributed by atoms with Crippen molar-refractivity contribution in [2.24, 2.45) is 10.4 Å². The molecule has 0 fully saturated rings. The maximum absolute atomic E-state index is 14.4. The number of hydrogen-bond donors (Lipinski definition) is 3. The van der Waals surface area contributed by atoms with Crippen LogP contribution in [0.2, 0.25) is 0 Å². The van der Waals surface area contributed by atoms with Crippen molar-refractivity contribution >= 4 is 23.7 Å². The number of aliphatic imine (C=N–C) groups is 1. The normalized spacial score (nSPS) is 19.2. The molecule has 144 valence electrons. The molecule has 3 rings (SSSR count). The minimum absolute atomic E-state index is 0.0426. The summed E-state index contributed by atoms with van der Waals surface area (Å²) in [7, 11) is 1.33. The average molecular weight is 374 g/mol. The lowest BCUT2D eigenvalue weighted by molar-refractivity contribution is -0.141. The molecule has 1 aromatic rings. The molecular formula is C18H23FN6O2. The summed E-state index contributed by atoms with van der Waals surface area (Å²) in [5, 5.41) is 9.10. The number of carbonyl (C=O) groups is 1. The molecule has 1 aromatic heterocycles. The van der Waals surface area contributed by atoms with Crippen LogP contribution in [0.4, 0.5) is 10.2 Å². The summed E-state index contributed by atoms with van der Waals surface area (Å²) in [6, 6.07) is -0.370. The van der Waals surface area contributed by atoms with Gasteiger partial charge in [0.05, 0.1) is 26.1 Å². The van der Waals surface area contributed by atoms with Gasteiger partial charge in [-0.05, 0) is 5.41 Å². The molecule has 0 saturated heterocycles. The fraction of sp³-hybridized carbons (Fsp3) is 0.444. The Hall–Kier alpha value is -2.97. The van der Waals surface area contributed by atoms with Crippen LogP contribution in [0.5, 0.6) is 0 Å². The van der Waals surface area contributed by atoms with Gasteiger partial charge in [-0.1, -0.05) is 20.8 Å². The summed E-state index contributed by atoms with van der Waals surface area (Å²) >= 11 is 0. The van der Waals surface area contributed by atoms with E-state index in [0.717, 1.165) is 17.3 Å². The predicted octanol–water partition coefficient (Wildman–Crippen LogP) is 1.79. The van der Waals surface area contributed by atoms with Crippen LogP contribution in [0.15, 0.2) is 29.2 Å². The molecule has 0 radical (unpaired) electrons. The second kappa shape index (κ2) is 7.34. The van der Waals surface area contributed by atoms with Crippen LogP contribution in [0.25, 0.3) is 5.57 Å². The molecule has 0 saturated carbocycles. The largest absolute Gasteiger partial charge is 0.469 e. The maximum atomic E-state index is 14.4. The molecule has 0 spiro atoms. The van der Waals surface area contributed by atoms with Gasteiger partial charge in [-0.2, -0.15) is 0 Å². The highest BCUT2D eigenvalue weighted by Gasteiger charge is 2.30. The van der Waals surface area contributed by atoms with Crippen LogP contribution >= 0.6 is 0 Å². The summed E-state index contributed by atoms with van der Waals surface area (Å²) in [5.74, 6) is -0.556. The third-order valence-corrected chi connectivity index (χ3v) is 4.47. The number of methoxy groups -OCH3 is 1. The first-order chi connectivity index (χ1) is 12.8. The Morgan fingerprint density at radius 2 is 2.19 bits per heavy atom. The van der Waals surface area contributed by atoms with Gasteiger partial charge < -0.3 is 20.7 Å². The van der Waals surface area contributed by atoms with E-state index in [-0.39, 0.29) is 35.8 Å².